The van der Waals surface area contributed by atoms with E-state index in [-0.39, 0.29) is 17.9 Å². The predicted molar refractivity (Wildman–Crippen MR) is 106 cm³/mol. The fourth-order valence-corrected chi connectivity index (χ4v) is 3.22. The number of hydrogen-bond donors (Lipinski definition) is 2. The molecular weight excluding hydrogens is 344 g/mol. The first-order valence-corrected chi connectivity index (χ1v) is 9.67. The van der Waals surface area contributed by atoms with Crippen LogP contribution in [0.4, 0.5) is 0 Å². The van der Waals surface area contributed by atoms with Gasteiger partial charge in [0.2, 0.25) is 11.8 Å². The Morgan fingerprint density at radius 3 is 2.26 bits per heavy atom. The molecule has 0 radical (unpaired) electrons. The lowest BCUT2D eigenvalue weighted by Gasteiger charge is -2.34. The van der Waals surface area contributed by atoms with E-state index in [9.17, 15) is 9.59 Å². The second-order valence-corrected chi connectivity index (χ2v) is 6.93. The lowest BCUT2D eigenvalue weighted by atomic mass is 10.1. The molecule has 1 aromatic rings. The summed E-state index contributed by atoms with van der Waals surface area (Å²) in [5, 5.41) is 5.95. The molecule has 7 nitrogen and oxygen atoms in total. The fourth-order valence-electron chi connectivity index (χ4n) is 3.22. The van der Waals surface area contributed by atoms with Gasteiger partial charge in [-0.2, -0.15) is 0 Å². The largest absolute Gasteiger partial charge is 0.496 e. The molecule has 1 atom stereocenters. The molecule has 27 heavy (non-hydrogen) atoms. The molecule has 1 saturated heterocycles. The van der Waals surface area contributed by atoms with E-state index in [1.54, 1.807) is 7.11 Å². The SMILES string of the molecule is CCCNC(=O)CN1CCN(CC(=O)NC(C)c2ccccc2OC)CC1. The van der Waals surface area contributed by atoms with Gasteiger partial charge >= 0.3 is 0 Å². The van der Waals surface area contributed by atoms with E-state index in [1.807, 2.05) is 38.1 Å². The van der Waals surface area contributed by atoms with Gasteiger partial charge in [-0.25, -0.2) is 0 Å². The lowest BCUT2D eigenvalue weighted by molar-refractivity contribution is -0.125. The number of piperazine rings is 1. The van der Waals surface area contributed by atoms with E-state index in [1.165, 1.54) is 0 Å². The van der Waals surface area contributed by atoms with Crippen LogP contribution in [0.1, 0.15) is 31.9 Å². The van der Waals surface area contributed by atoms with Crippen LogP contribution in [0, 0.1) is 0 Å². The van der Waals surface area contributed by atoms with Gasteiger partial charge in [-0.15, -0.1) is 0 Å². The van der Waals surface area contributed by atoms with Gasteiger partial charge in [0.05, 0.1) is 26.2 Å². The first-order chi connectivity index (χ1) is 13.0. The van der Waals surface area contributed by atoms with Crippen LogP contribution in [0.5, 0.6) is 5.75 Å². The first kappa shape index (κ1) is 21.2. The third-order valence-electron chi connectivity index (χ3n) is 4.75. The zero-order valence-corrected chi connectivity index (χ0v) is 16.7. The van der Waals surface area contributed by atoms with Crippen LogP contribution in [0.15, 0.2) is 24.3 Å². The molecule has 1 unspecified atom stereocenters. The van der Waals surface area contributed by atoms with Crippen molar-refractivity contribution in [2.45, 2.75) is 26.3 Å². The Hall–Kier alpha value is -2.12. The highest BCUT2D eigenvalue weighted by Gasteiger charge is 2.21. The Labute approximate surface area is 162 Å². The summed E-state index contributed by atoms with van der Waals surface area (Å²) in [4.78, 5) is 28.5. The molecule has 2 rings (SSSR count). The first-order valence-electron chi connectivity index (χ1n) is 9.67. The van der Waals surface area contributed by atoms with E-state index in [2.05, 4.69) is 20.4 Å². The van der Waals surface area contributed by atoms with Crippen molar-refractivity contribution in [3.05, 3.63) is 29.8 Å². The van der Waals surface area contributed by atoms with Crippen molar-refractivity contribution in [2.24, 2.45) is 0 Å². The minimum absolute atomic E-state index is 0.00236. The Balaban J connectivity index is 1.73. The van der Waals surface area contributed by atoms with Gasteiger partial charge in [-0.3, -0.25) is 19.4 Å². The molecule has 2 amide bonds. The summed E-state index contributed by atoms with van der Waals surface area (Å²) in [6.45, 7) is 8.71. The third-order valence-corrected chi connectivity index (χ3v) is 4.75. The topological polar surface area (TPSA) is 73.9 Å². The number of methoxy groups -OCH3 is 1. The second kappa shape index (κ2) is 10.9. The number of para-hydroxylation sites is 1. The highest BCUT2D eigenvalue weighted by molar-refractivity contribution is 5.79. The minimum Gasteiger partial charge on any atom is -0.496 e. The van der Waals surface area contributed by atoms with Crippen LogP contribution in [0.25, 0.3) is 0 Å². The average Bonchev–Trinajstić information content (AvgIpc) is 2.67. The van der Waals surface area contributed by atoms with Gasteiger partial charge in [0.15, 0.2) is 0 Å². The molecule has 0 aromatic heterocycles. The van der Waals surface area contributed by atoms with E-state index in [4.69, 9.17) is 4.74 Å². The molecule has 1 heterocycles. The van der Waals surface area contributed by atoms with Crippen LogP contribution < -0.4 is 15.4 Å². The minimum atomic E-state index is -0.114. The summed E-state index contributed by atoms with van der Waals surface area (Å²) in [5.74, 6) is 0.858. The highest BCUT2D eigenvalue weighted by atomic mass is 16.5. The maximum absolute atomic E-state index is 12.4. The number of benzene rings is 1. The van der Waals surface area contributed by atoms with Crippen LogP contribution in [-0.2, 0) is 9.59 Å². The molecule has 2 N–H and O–H groups in total. The van der Waals surface area contributed by atoms with Gasteiger partial charge in [-0.1, -0.05) is 25.1 Å². The molecule has 0 aliphatic carbocycles. The molecule has 1 aliphatic rings. The Kier molecular flexibility index (Phi) is 8.54. The molecule has 150 valence electrons. The Bertz CT molecular complexity index is 615. The number of rotatable bonds is 9. The van der Waals surface area contributed by atoms with Gasteiger partial charge in [0.25, 0.3) is 0 Å². The van der Waals surface area contributed by atoms with Crippen molar-refractivity contribution < 1.29 is 14.3 Å². The molecule has 1 aromatic carbocycles. The lowest BCUT2D eigenvalue weighted by Crippen LogP contribution is -2.51. The molecule has 0 bridgehead atoms. The van der Waals surface area contributed by atoms with Gasteiger partial charge in [0, 0.05) is 38.3 Å². The monoisotopic (exact) mass is 376 g/mol. The maximum Gasteiger partial charge on any atom is 0.234 e. The van der Waals surface area contributed by atoms with Crippen LogP contribution in [0.3, 0.4) is 0 Å². The number of hydrogen-bond acceptors (Lipinski definition) is 5. The summed E-state index contributed by atoms with van der Waals surface area (Å²) in [6, 6.07) is 7.60. The van der Waals surface area contributed by atoms with Crippen molar-refractivity contribution in [1.82, 2.24) is 20.4 Å². The predicted octanol–water partition coefficient (Wildman–Crippen LogP) is 1.02. The molecule has 1 fully saturated rings. The van der Waals surface area contributed by atoms with Crippen molar-refractivity contribution >= 4 is 11.8 Å². The summed E-state index contributed by atoms with van der Waals surface area (Å²) in [7, 11) is 1.63. The van der Waals surface area contributed by atoms with E-state index < -0.39 is 0 Å². The molecule has 0 saturated carbocycles. The number of nitrogens with one attached hydrogen (secondary N) is 2. The third kappa shape index (κ3) is 6.84. The smallest absolute Gasteiger partial charge is 0.234 e. The molecular formula is C20H32N4O3. The number of carbonyl (C=O) groups is 2. The number of ether oxygens (including phenoxy) is 1. The van der Waals surface area contributed by atoms with Crippen molar-refractivity contribution in [3.63, 3.8) is 0 Å². The van der Waals surface area contributed by atoms with Crippen LogP contribution in [0.2, 0.25) is 0 Å². The molecule has 1 aliphatic heterocycles. The van der Waals surface area contributed by atoms with Crippen molar-refractivity contribution in [2.75, 3.05) is 52.9 Å². The average molecular weight is 377 g/mol. The van der Waals surface area contributed by atoms with E-state index >= 15 is 0 Å². The second-order valence-electron chi connectivity index (χ2n) is 6.93. The standard InChI is InChI=1S/C20H32N4O3/c1-4-9-21-19(25)14-23-10-12-24(13-11-23)15-20(26)22-16(2)17-7-5-6-8-18(17)27-3/h5-8,16H,4,9-15H2,1-3H3,(H,21,25)(H,22,26). The zero-order valence-electron chi connectivity index (χ0n) is 16.7. The van der Waals surface area contributed by atoms with Crippen LogP contribution >= 0.6 is 0 Å². The van der Waals surface area contributed by atoms with E-state index in [0.29, 0.717) is 13.1 Å². The van der Waals surface area contributed by atoms with E-state index in [0.717, 1.165) is 50.5 Å². The Morgan fingerprint density at radius 1 is 1.07 bits per heavy atom. The highest BCUT2D eigenvalue weighted by Crippen LogP contribution is 2.24. The number of nitrogens with zero attached hydrogens (tertiary/aromatic N) is 2. The van der Waals surface area contributed by atoms with Gasteiger partial charge < -0.3 is 15.4 Å². The zero-order chi connectivity index (χ0) is 19.6. The normalized spacial score (nSPS) is 16.6. The summed E-state index contributed by atoms with van der Waals surface area (Å²) >= 11 is 0. The summed E-state index contributed by atoms with van der Waals surface area (Å²) in [6.07, 6.45) is 0.946. The van der Waals surface area contributed by atoms with Crippen molar-refractivity contribution in [3.8, 4) is 5.75 Å². The Morgan fingerprint density at radius 2 is 1.67 bits per heavy atom. The number of carbonyl (C=O) groups excluding carboxylic acids is 2. The van der Waals surface area contributed by atoms with Gasteiger partial charge in [-0.05, 0) is 19.4 Å². The van der Waals surface area contributed by atoms with Crippen LogP contribution in [-0.4, -0.2) is 74.5 Å². The summed E-state index contributed by atoms with van der Waals surface area (Å²) < 4.78 is 5.37. The fraction of sp³-hybridized carbons (Fsp3) is 0.600. The molecule has 0 spiro atoms. The molecule has 7 heteroatoms. The quantitative estimate of drug-likeness (QED) is 0.673. The maximum atomic E-state index is 12.4. The summed E-state index contributed by atoms with van der Waals surface area (Å²) in [5.41, 5.74) is 0.969. The van der Waals surface area contributed by atoms with Gasteiger partial charge in [0.1, 0.15) is 5.75 Å². The van der Waals surface area contributed by atoms with Crippen molar-refractivity contribution in [1.29, 1.82) is 0 Å². The number of amides is 2.